The van der Waals surface area contributed by atoms with Crippen molar-refractivity contribution in [3.8, 4) is 5.75 Å². The summed E-state index contributed by atoms with van der Waals surface area (Å²) in [5.41, 5.74) is 0. The van der Waals surface area contributed by atoms with Crippen molar-refractivity contribution < 1.29 is 13.5 Å². The maximum Gasteiger partial charge on any atom is 0.216 e. The average Bonchev–Trinajstić information content (AvgIpc) is 3.12. The van der Waals surface area contributed by atoms with E-state index in [1.165, 1.54) is 29.1 Å². The molecule has 2 aromatic heterocycles. The van der Waals surface area contributed by atoms with Gasteiger partial charge in [0.05, 0.1) is 11.2 Å². The smallest absolute Gasteiger partial charge is 0.216 e. The summed E-state index contributed by atoms with van der Waals surface area (Å²) >= 11 is 11.0. The first-order valence-electron chi connectivity index (χ1n) is 6.88. The first kappa shape index (κ1) is 16.4. The summed E-state index contributed by atoms with van der Waals surface area (Å²) in [6, 6.07) is 7.42. The molecule has 0 bridgehead atoms. The number of benzene rings is 1. The minimum atomic E-state index is -0.419. The average molecular weight is 367 g/mol. The van der Waals surface area contributed by atoms with Crippen LogP contribution in [-0.2, 0) is 6.61 Å². The van der Waals surface area contributed by atoms with Crippen LogP contribution in [0.2, 0.25) is 5.02 Å². The molecule has 0 amide bonds. The minimum absolute atomic E-state index is 0.156. The van der Waals surface area contributed by atoms with Crippen LogP contribution in [0.25, 0.3) is 0 Å². The number of aryl methyl sites for hydroxylation is 1. The van der Waals surface area contributed by atoms with E-state index in [4.69, 9.17) is 33.0 Å². The molecular formula is C15H12ClFN4O2S. The van der Waals surface area contributed by atoms with Gasteiger partial charge in [-0.3, -0.25) is 5.10 Å². The van der Waals surface area contributed by atoms with E-state index in [-0.39, 0.29) is 11.6 Å². The molecule has 2 heterocycles. The number of rotatable bonds is 5. The lowest BCUT2D eigenvalue weighted by molar-refractivity contribution is 0.269. The molecule has 0 aliphatic carbocycles. The van der Waals surface area contributed by atoms with Gasteiger partial charge in [0.2, 0.25) is 4.77 Å². The van der Waals surface area contributed by atoms with Gasteiger partial charge in [-0.2, -0.15) is 14.9 Å². The number of ether oxygens (including phenoxy) is 1. The summed E-state index contributed by atoms with van der Waals surface area (Å²) in [7, 11) is 0. The molecule has 0 atom stereocenters. The zero-order valence-electron chi connectivity index (χ0n) is 12.5. The first-order valence-corrected chi connectivity index (χ1v) is 7.66. The molecule has 0 saturated carbocycles. The fourth-order valence-electron chi connectivity index (χ4n) is 1.90. The SMILES string of the molecule is Cc1n[nH]c(=S)n1N=Cc1ccc(COc2ccc(F)cc2Cl)o1. The minimum Gasteiger partial charge on any atom is -0.484 e. The van der Waals surface area contributed by atoms with E-state index < -0.39 is 5.82 Å². The molecule has 0 radical (unpaired) electrons. The molecule has 0 unspecified atom stereocenters. The van der Waals surface area contributed by atoms with Gasteiger partial charge in [-0.1, -0.05) is 11.6 Å². The van der Waals surface area contributed by atoms with E-state index in [0.29, 0.717) is 27.9 Å². The standard InChI is InChI=1S/C15H12ClFN4O2S/c1-9-19-20-15(24)21(9)18-7-11-3-4-12(23-11)8-22-14-5-2-10(17)6-13(14)16/h2-7H,8H2,1H3,(H,20,24). The zero-order chi connectivity index (χ0) is 17.1. The number of aromatic amines is 1. The summed E-state index contributed by atoms with van der Waals surface area (Å²) in [5, 5.41) is 11.0. The van der Waals surface area contributed by atoms with E-state index >= 15 is 0 Å². The quantitative estimate of drug-likeness (QED) is 0.545. The Bertz CT molecular complexity index is 947. The van der Waals surface area contributed by atoms with Crippen molar-refractivity contribution in [2.75, 3.05) is 0 Å². The highest BCUT2D eigenvalue weighted by Gasteiger charge is 2.06. The first-order chi connectivity index (χ1) is 11.5. The highest BCUT2D eigenvalue weighted by molar-refractivity contribution is 7.71. The predicted molar refractivity (Wildman–Crippen MR) is 89.6 cm³/mol. The Morgan fingerprint density at radius 1 is 1.46 bits per heavy atom. The van der Waals surface area contributed by atoms with Crippen LogP contribution in [0, 0.1) is 17.5 Å². The summed E-state index contributed by atoms with van der Waals surface area (Å²) in [4.78, 5) is 0. The maximum atomic E-state index is 13.0. The van der Waals surface area contributed by atoms with E-state index in [1.54, 1.807) is 19.1 Å². The van der Waals surface area contributed by atoms with Gasteiger partial charge in [0.15, 0.2) is 0 Å². The van der Waals surface area contributed by atoms with Crippen molar-refractivity contribution in [1.29, 1.82) is 0 Å². The lowest BCUT2D eigenvalue weighted by Crippen LogP contribution is -1.95. The van der Waals surface area contributed by atoms with Crippen LogP contribution < -0.4 is 4.74 Å². The molecule has 24 heavy (non-hydrogen) atoms. The van der Waals surface area contributed by atoms with Crippen LogP contribution in [0.3, 0.4) is 0 Å². The van der Waals surface area contributed by atoms with Crippen molar-refractivity contribution in [2.45, 2.75) is 13.5 Å². The van der Waals surface area contributed by atoms with Gasteiger partial charge < -0.3 is 9.15 Å². The number of nitrogens with zero attached hydrogens (tertiary/aromatic N) is 3. The predicted octanol–water partition coefficient (Wildman–Crippen LogP) is 4.10. The number of hydrogen-bond donors (Lipinski definition) is 1. The molecule has 0 aliphatic heterocycles. The molecule has 9 heteroatoms. The molecule has 6 nitrogen and oxygen atoms in total. The fourth-order valence-corrected chi connectivity index (χ4v) is 2.35. The largest absolute Gasteiger partial charge is 0.484 e. The second-order valence-corrected chi connectivity index (χ2v) is 5.59. The molecular weight excluding hydrogens is 355 g/mol. The second-order valence-electron chi connectivity index (χ2n) is 4.80. The van der Waals surface area contributed by atoms with Crippen molar-refractivity contribution in [3.05, 3.63) is 63.3 Å². The van der Waals surface area contributed by atoms with Gasteiger partial charge in [0.25, 0.3) is 0 Å². The second kappa shape index (κ2) is 6.98. The van der Waals surface area contributed by atoms with Crippen molar-refractivity contribution >= 4 is 30.0 Å². The lowest BCUT2D eigenvalue weighted by atomic mass is 10.3. The van der Waals surface area contributed by atoms with Gasteiger partial charge >= 0.3 is 0 Å². The monoisotopic (exact) mass is 366 g/mol. The summed E-state index contributed by atoms with van der Waals surface area (Å²) in [5.74, 6) is 1.70. The normalized spacial score (nSPS) is 11.3. The highest BCUT2D eigenvalue weighted by atomic mass is 35.5. The summed E-state index contributed by atoms with van der Waals surface area (Å²) in [6.45, 7) is 1.93. The fraction of sp³-hybridized carbons (Fsp3) is 0.133. The van der Waals surface area contributed by atoms with Gasteiger partial charge in [0, 0.05) is 0 Å². The van der Waals surface area contributed by atoms with Gasteiger partial charge in [-0.15, -0.1) is 0 Å². The van der Waals surface area contributed by atoms with Crippen LogP contribution in [0.5, 0.6) is 5.75 Å². The molecule has 3 aromatic rings. The Morgan fingerprint density at radius 3 is 3.00 bits per heavy atom. The van der Waals surface area contributed by atoms with Crippen molar-refractivity contribution in [1.82, 2.24) is 14.9 Å². The molecule has 124 valence electrons. The Kier molecular flexibility index (Phi) is 4.77. The number of aromatic nitrogens is 3. The van der Waals surface area contributed by atoms with Crippen LogP contribution in [0.1, 0.15) is 17.3 Å². The topological polar surface area (TPSA) is 68.3 Å². The molecule has 0 aliphatic rings. The third-order valence-corrected chi connectivity index (χ3v) is 3.62. The molecule has 0 spiro atoms. The molecule has 0 fully saturated rings. The number of halogens is 2. The van der Waals surface area contributed by atoms with Crippen LogP contribution >= 0.6 is 23.8 Å². The summed E-state index contributed by atoms with van der Waals surface area (Å²) in [6.07, 6.45) is 1.52. The Balaban J connectivity index is 1.66. The Hall–Kier alpha value is -2.45. The van der Waals surface area contributed by atoms with Crippen LogP contribution in [0.4, 0.5) is 4.39 Å². The number of furan rings is 1. The molecule has 1 N–H and O–H groups in total. The van der Waals surface area contributed by atoms with Crippen LogP contribution in [0.15, 0.2) is 39.9 Å². The van der Waals surface area contributed by atoms with Gasteiger partial charge in [-0.25, -0.2) is 4.39 Å². The van der Waals surface area contributed by atoms with Gasteiger partial charge in [-0.05, 0) is 49.5 Å². The third-order valence-electron chi connectivity index (χ3n) is 3.06. The summed E-state index contributed by atoms with van der Waals surface area (Å²) < 4.78 is 25.9. The Morgan fingerprint density at radius 2 is 2.29 bits per heavy atom. The number of H-pyrrole nitrogens is 1. The van der Waals surface area contributed by atoms with E-state index in [9.17, 15) is 4.39 Å². The molecule has 0 saturated heterocycles. The molecule has 3 rings (SSSR count). The third kappa shape index (κ3) is 3.72. The zero-order valence-corrected chi connectivity index (χ0v) is 14.1. The number of hydrogen-bond acceptors (Lipinski definition) is 5. The van der Waals surface area contributed by atoms with Crippen molar-refractivity contribution in [2.24, 2.45) is 5.10 Å². The maximum absolute atomic E-state index is 13.0. The van der Waals surface area contributed by atoms with Crippen LogP contribution in [-0.4, -0.2) is 21.1 Å². The molecule has 1 aromatic carbocycles. The van der Waals surface area contributed by atoms with E-state index in [2.05, 4.69) is 15.3 Å². The Labute approximate surface area is 146 Å². The number of nitrogens with one attached hydrogen (secondary N) is 1. The van der Waals surface area contributed by atoms with Crippen molar-refractivity contribution in [3.63, 3.8) is 0 Å². The van der Waals surface area contributed by atoms with E-state index in [0.717, 1.165) is 0 Å². The van der Waals surface area contributed by atoms with E-state index in [1.807, 2.05) is 0 Å². The lowest BCUT2D eigenvalue weighted by Gasteiger charge is -2.05. The van der Waals surface area contributed by atoms with Gasteiger partial charge in [0.1, 0.15) is 35.5 Å². The highest BCUT2D eigenvalue weighted by Crippen LogP contribution is 2.25.